The number of rotatable bonds is 2. The second-order valence-corrected chi connectivity index (χ2v) is 3.31. The molecule has 0 aliphatic heterocycles. The van der Waals surface area contributed by atoms with E-state index in [0.717, 1.165) is 0 Å². The highest BCUT2D eigenvalue weighted by molar-refractivity contribution is 6.37. The van der Waals surface area contributed by atoms with Gasteiger partial charge < -0.3 is 5.73 Å². The molecule has 1 amide bonds. The van der Waals surface area contributed by atoms with E-state index in [-0.39, 0.29) is 5.57 Å². The summed E-state index contributed by atoms with van der Waals surface area (Å²) >= 11 is 11.5. The van der Waals surface area contributed by atoms with Crippen molar-refractivity contribution in [1.29, 1.82) is 0 Å². The third kappa shape index (κ3) is 2.23. The number of hydrogen-bond donors (Lipinski definition) is 1. The Morgan fingerprint density at radius 3 is 2.46 bits per heavy atom. The number of halogens is 2. The quantitative estimate of drug-likeness (QED) is 0.758. The first kappa shape index (κ1) is 10.1. The second kappa shape index (κ2) is 3.81. The lowest BCUT2D eigenvalue weighted by Gasteiger charge is -2.03. The molecule has 0 saturated carbocycles. The van der Waals surface area contributed by atoms with Crippen molar-refractivity contribution in [3.05, 3.63) is 40.4 Å². The Labute approximate surface area is 85.9 Å². The van der Waals surface area contributed by atoms with E-state index < -0.39 is 5.91 Å². The van der Waals surface area contributed by atoms with E-state index in [1.807, 2.05) is 0 Å². The van der Waals surface area contributed by atoms with Crippen molar-refractivity contribution < 1.29 is 4.79 Å². The largest absolute Gasteiger partial charge is 0.366 e. The number of nitrogens with two attached hydrogens (primary N) is 1. The molecule has 0 atom stereocenters. The summed E-state index contributed by atoms with van der Waals surface area (Å²) in [7, 11) is 0. The summed E-state index contributed by atoms with van der Waals surface area (Å²) in [5.41, 5.74) is 5.74. The van der Waals surface area contributed by atoms with Crippen LogP contribution in [0.15, 0.2) is 24.8 Å². The topological polar surface area (TPSA) is 43.1 Å². The smallest absolute Gasteiger partial charge is 0.248 e. The molecule has 0 fully saturated rings. The van der Waals surface area contributed by atoms with E-state index >= 15 is 0 Å². The van der Waals surface area contributed by atoms with E-state index in [4.69, 9.17) is 28.9 Å². The van der Waals surface area contributed by atoms with E-state index in [2.05, 4.69) is 6.58 Å². The maximum Gasteiger partial charge on any atom is 0.248 e. The van der Waals surface area contributed by atoms with E-state index in [9.17, 15) is 4.79 Å². The summed E-state index contributed by atoms with van der Waals surface area (Å²) in [6, 6.07) is 4.77. The lowest BCUT2D eigenvalue weighted by Crippen LogP contribution is -2.12. The average Bonchev–Trinajstić information content (AvgIpc) is 2.03. The molecular formula is C9H7Cl2NO. The molecule has 1 rings (SSSR count). The van der Waals surface area contributed by atoms with Crippen LogP contribution in [0.5, 0.6) is 0 Å². The number of carbonyl (C=O) groups excluding carboxylic acids is 1. The van der Waals surface area contributed by atoms with E-state index in [1.165, 1.54) is 6.07 Å². The van der Waals surface area contributed by atoms with Crippen LogP contribution in [-0.2, 0) is 4.79 Å². The molecular weight excluding hydrogens is 209 g/mol. The highest BCUT2D eigenvalue weighted by atomic mass is 35.5. The van der Waals surface area contributed by atoms with Crippen LogP contribution in [0.4, 0.5) is 0 Å². The second-order valence-electron chi connectivity index (χ2n) is 2.47. The molecule has 68 valence electrons. The molecule has 2 N–H and O–H groups in total. The molecule has 0 aliphatic carbocycles. The summed E-state index contributed by atoms with van der Waals surface area (Å²) in [5.74, 6) is -0.593. The minimum absolute atomic E-state index is 0.182. The standard InChI is InChI=1S/C9H7Cl2NO/c1-5(9(12)13)7-3-2-6(10)4-8(7)11/h2-4H,1H2,(H2,12,13). The van der Waals surface area contributed by atoms with Crippen molar-refractivity contribution in [1.82, 2.24) is 0 Å². The third-order valence-electron chi connectivity index (χ3n) is 1.55. The fraction of sp³-hybridized carbons (Fsp3) is 0. The van der Waals surface area contributed by atoms with Crippen LogP contribution in [0.1, 0.15) is 5.56 Å². The van der Waals surface area contributed by atoms with Gasteiger partial charge in [0, 0.05) is 16.2 Å². The molecule has 0 aliphatic rings. The number of carbonyl (C=O) groups is 1. The van der Waals surface area contributed by atoms with Gasteiger partial charge in [0.05, 0.1) is 5.02 Å². The van der Waals surface area contributed by atoms with Crippen molar-refractivity contribution in [2.75, 3.05) is 0 Å². The van der Waals surface area contributed by atoms with Gasteiger partial charge in [0.15, 0.2) is 0 Å². The van der Waals surface area contributed by atoms with Gasteiger partial charge in [-0.1, -0.05) is 35.8 Å². The van der Waals surface area contributed by atoms with Crippen LogP contribution in [0, 0.1) is 0 Å². The maximum absolute atomic E-state index is 10.8. The highest BCUT2D eigenvalue weighted by Gasteiger charge is 2.09. The zero-order valence-electron chi connectivity index (χ0n) is 6.68. The monoisotopic (exact) mass is 215 g/mol. The van der Waals surface area contributed by atoms with Crippen LogP contribution in [0.3, 0.4) is 0 Å². The minimum Gasteiger partial charge on any atom is -0.366 e. The SMILES string of the molecule is C=C(C(N)=O)c1ccc(Cl)cc1Cl. The van der Waals surface area contributed by atoms with Gasteiger partial charge in [0.25, 0.3) is 0 Å². The highest BCUT2D eigenvalue weighted by Crippen LogP contribution is 2.25. The molecule has 0 spiro atoms. The van der Waals surface area contributed by atoms with Gasteiger partial charge in [0.2, 0.25) is 5.91 Å². The van der Waals surface area contributed by atoms with E-state index in [0.29, 0.717) is 15.6 Å². The van der Waals surface area contributed by atoms with Gasteiger partial charge >= 0.3 is 0 Å². The maximum atomic E-state index is 10.8. The molecule has 1 aromatic rings. The summed E-state index contributed by atoms with van der Waals surface area (Å²) in [6.45, 7) is 3.51. The molecule has 0 unspecified atom stereocenters. The number of primary amides is 1. The summed E-state index contributed by atoms with van der Waals surface area (Å²) in [4.78, 5) is 10.8. The zero-order chi connectivity index (χ0) is 10.0. The Kier molecular flexibility index (Phi) is 2.96. The molecule has 13 heavy (non-hydrogen) atoms. The molecule has 1 aromatic carbocycles. The Morgan fingerprint density at radius 2 is 2.00 bits per heavy atom. The van der Waals surface area contributed by atoms with Crippen molar-refractivity contribution in [3.63, 3.8) is 0 Å². The van der Waals surface area contributed by atoms with Crippen molar-refractivity contribution in [2.45, 2.75) is 0 Å². The third-order valence-corrected chi connectivity index (χ3v) is 2.10. The summed E-state index contributed by atoms with van der Waals surface area (Å²) in [6.07, 6.45) is 0. The number of hydrogen-bond acceptors (Lipinski definition) is 1. The average molecular weight is 216 g/mol. The van der Waals surface area contributed by atoms with Crippen molar-refractivity contribution in [3.8, 4) is 0 Å². The van der Waals surface area contributed by atoms with Crippen LogP contribution in [-0.4, -0.2) is 5.91 Å². The number of benzene rings is 1. The predicted molar refractivity (Wildman–Crippen MR) is 54.7 cm³/mol. The molecule has 0 radical (unpaired) electrons. The molecule has 0 bridgehead atoms. The van der Waals surface area contributed by atoms with Gasteiger partial charge in [-0.2, -0.15) is 0 Å². The molecule has 0 heterocycles. The van der Waals surface area contributed by atoms with E-state index in [1.54, 1.807) is 12.1 Å². The summed E-state index contributed by atoms with van der Waals surface area (Å²) < 4.78 is 0. The summed E-state index contributed by atoms with van der Waals surface area (Å²) in [5, 5.41) is 0.877. The predicted octanol–water partition coefficient (Wildman–Crippen LogP) is 2.49. The Balaban J connectivity index is 3.16. The Hall–Kier alpha value is -0.990. The van der Waals surface area contributed by atoms with Crippen LogP contribution in [0.25, 0.3) is 5.57 Å². The van der Waals surface area contributed by atoms with Gasteiger partial charge in [-0.25, -0.2) is 0 Å². The lowest BCUT2D eigenvalue weighted by molar-refractivity contribution is -0.112. The Bertz CT molecular complexity index is 374. The zero-order valence-corrected chi connectivity index (χ0v) is 8.19. The number of amides is 1. The lowest BCUT2D eigenvalue weighted by atomic mass is 10.1. The van der Waals surface area contributed by atoms with Gasteiger partial charge in [-0.3, -0.25) is 4.79 Å². The van der Waals surface area contributed by atoms with Crippen LogP contribution >= 0.6 is 23.2 Å². The van der Waals surface area contributed by atoms with Crippen molar-refractivity contribution >= 4 is 34.7 Å². The first-order valence-corrected chi connectivity index (χ1v) is 4.22. The molecule has 0 saturated heterocycles. The molecule has 4 heteroatoms. The fourth-order valence-electron chi connectivity index (χ4n) is 0.867. The van der Waals surface area contributed by atoms with Crippen LogP contribution in [0.2, 0.25) is 10.0 Å². The van der Waals surface area contributed by atoms with Crippen molar-refractivity contribution in [2.24, 2.45) is 5.73 Å². The Morgan fingerprint density at radius 1 is 1.38 bits per heavy atom. The van der Waals surface area contributed by atoms with Gasteiger partial charge in [-0.15, -0.1) is 0 Å². The molecule has 0 aromatic heterocycles. The van der Waals surface area contributed by atoms with Crippen LogP contribution < -0.4 is 5.73 Å². The molecule has 2 nitrogen and oxygen atoms in total. The van der Waals surface area contributed by atoms with Gasteiger partial charge in [0.1, 0.15) is 0 Å². The first-order valence-electron chi connectivity index (χ1n) is 3.46. The van der Waals surface area contributed by atoms with Gasteiger partial charge in [-0.05, 0) is 12.1 Å². The minimum atomic E-state index is -0.593. The fourth-order valence-corrected chi connectivity index (χ4v) is 1.39. The normalized spacial score (nSPS) is 9.69. The first-order chi connectivity index (χ1) is 6.02.